The van der Waals surface area contributed by atoms with Crippen molar-refractivity contribution in [2.75, 3.05) is 26.3 Å². The minimum atomic E-state index is -2.09. The lowest BCUT2D eigenvalue weighted by atomic mass is 9.77. The van der Waals surface area contributed by atoms with Crippen LogP contribution in [0, 0.1) is 11.8 Å². The molecule has 2 heterocycles. The molecule has 1 aromatic heterocycles. The lowest BCUT2D eigenvalue weighted by Gasteiger charge is -2.35. The third-order valence-electron chi connectivity index (χ3n) is 13.1. The number of aliphatic hydroxyl groups is 2. The number of pyridine rings is 1. The Labute approximate surface area is 384 Å². The van der Waals surface area contributed by atoms with Crippen LogP contribution in [0.5, 0.6) is 11.5 Å². The average molecular weight is 892 g/mol. The van der Waals surface area contributed by atoms with Gasteiger partial charge in [0.1, 0.15) is 18.1 Å². The highest BCUT2D eigenvalue weighted by atomic mass is 16.5. The Kier molecular flexibility index (Phi) is 14.7. The van der Waals surface area contributed by atoms with Gasteiger partial charge < -0.3 is 35.1 Å². The number of aromatic nitrogens is 1. The van der Waals surface area contributed by atoms with E-state index in [9.17, 15) is 34.5 Å². The number of amides is 1. The first-order chi connectivity index (χ1) is 32.0. The van der Waals surface area contributed by atoms with Crippen molar-refractivity contribution >= 4 is 28.6 Å². The summed E-state index contributed by atoms with van der Waals surface area (Å²) in [5.41, 5.74) is 2.02. The lowest BCUT2D eigenvalue weighted by Crippen LogP contribution is -2.45. The number of H-pyrrole nitrogens is 1. The Morgan fingerprint density at radius 1 is 0.803 bits per heavy atom. The molecule has 8 rings (SSSR count). The second kappa shape index (κ2) is 21.1. The number of Topliss-reactive ketones (excluding diaryl/α,β-unsaturated/α-hetero) is 1. The van der Waals surface area contributed by atoms with E-state index in [4.69, 9.17) is 9.47 Å². The van der Waals surface area contributed by atoms with Crippen molar-refractivity contribution in [2.24, 2.45) is 11.8 Å². The zero-order chi connectivity index (χ0) is 46.0. The van der Waals surface area contributed by atoms with Gasteiger partial charge in [-0.05, 0) is 129 Å². The lowest BCUT2D eigenvalue weighted by molar-refractivity contribution is -0.164. The van der Waals surface area contributed by atoms with E-state index in [-0.39, 0.29) is 59.7 Å². The maximum Gasteiger partial charge on any atom is 0.347 e. The molecule has 1 aliphatic carbocycles. The zero-order valence-electron chi connectivity index (χ0n) is 36.9. The molecule has 5 N–H and O–H groups in total. The minimum Gasteiger partial charge on any atom is -0.506 e. The maximum absolute atomic E-state index is 13.9. The number of ketones is 1. The van der Waals surface area contributed by atoms with Crippen molar-refractivity contribution in [3.05, 3.63) is 177 Å². The number of hydrogen-bond donors (Lipinski definition) is 5. The van der Waals surface area contributed by atoms with Gasteiger partial charge in [-0.3, -0.25) is 19.3 Å². The van der Waals surface area contributed by atoms with Crippen LogP contribution in [-0.4, -0.2) is 75.2 Å². The fourth-order valence-electron chi connectivity index (χ4n) is 9.20. The number of hydrogen-bond acceptors (Lipinski definition) is 10. The molecule has 1 saturated heterocycles. The topological polar surface area (TPSA) is 178 Å². The van der Waals surface area contributed by atoms with Crippen LogP contribution in [0.15, 0.2) is 138 Å². The number of phenolic OH excluding ortho intramolecular Hbond substituents is 1. The predicted octanol–water partition coefficient (Wildman–Crippen LogP) is 7.53. The van der Waals surface area contributed by atoms with Gasteiger partial charge >= 0.3 is 5.97 Å². The maximum atomic E-state index is 13.9. The van der Waals surface area contributed by atoms with Gasteiger partial charge in [-0.15, -0.1) is 0 Å². The van der Waals surface area contributed by atoms with Crippen LogP contribution >= 0.6 is 0 Å². The van der Waals surface area contributed by atoms with Crippen LogP contribution < -0.4 is 15.6 Å². The van der Waals surface area contributed by atoms with Crippen LogP contribution in [0.25, 0.3) is 10.9 Å². The number of aromatic amines is 1. The Balaban J connectivity index is 0.763. The number of piperidine rings is 1. The summed E-state index contributed by atoms with van der Waals surface area (Å²) < 4.78 is 11.8. The summed E-state index contributed by atoms with van der Waals surface area (Å²) in [6.45, 7) is 2.73. The molecular formula is C54H57N3O9. The molecule has 12 heteroatoms. The highest BCUT2D eigenvalue weighted by Gasteiger charge is 2.42. The Morgan fingerprint density at radius 2 is 1.52 bits per heavy atom. The summed E-state index contributed by atoms with van der Waals surface area (Å²) in [4.78, 5) is 56.7. The number of aromatic hydroxyl groups is 1. The number of esters is 1. The van der Waals surface area contributed by atoms with Crippen LogP contribution in [0.1, 0.15) is 89.2 Å². The molecule has 2 atom stereocenters. The Bertz CT molecular complexity index is 2660. The summed E-state index contributed by atoms with van der Waals surface area (Å²) in [5, 5.41) is 36.9. The van der Waals surface area contributed by atoms with Gasteiger partial charge in [-0.25, -0.2) is 4.79 Å². The number of phenols is 1. The summed E-state index contributed by atoms with van der Waals surface area (Å²) in [6.07, 6.45) is 4.51. The van der Waals surface area contributed by atoms with Crippen molar-refractivity contribution in [1.82, 2.24) is 15.2 Å². The molecule has 5 aromatic carbocycles. The average Bonchev–Trinajstić information content (AvgIpc) is 3.33. The Hall–Kier alpha value is -6.60. The molecule has 66 heavy (non-hydrogen) atoms. The zero-order valence-corrected chi connectivity index (χ0v) is 36.9. The van der Waals surface area contributed by atoms with Crippen molar-refractivity contribution < 1.29 is 39.2 Å². The van der Waals surface area contributed by atoms with Crippen molar-refractivity contribution in [2.45, 2.75) is 75.7 Å². The molecule has 1 saturated carbocycles. The first kappa shape index (κ1) is 45.9. The molecular weight excluding hydrogens is 835 g/mol. The fraction of sp³-hybridized carbons (Fsp3) is 0.333. The second-order valence-corrected chi connectivity index (χ2v) is 17.8. The number of likely N-dealkylation sites (tertiary alicyclic amines) is 1. The molecule has 0 radical (unpaired) electrons. The number of nitrogens with one attached hydrogen (secondary N) is 2. The molecule has 0 bridgehead atoms. The number of benzene rings is 5. The number of rotatable bonds is 19. The fourth-order valence-corrected chi connectivity index (χ4v) is 9.20. The van der Waals surface area contributed by atoms with Crippen LogP contribution in [-0.2, 0) is 32.9 Å². The van der Waals surface area contributed by atoms with E-state index in [1.807, 2.05) is 36.4 Å². The van der Waals surface area contributed by atoms with Crippen molar-refractivity contribution in [3.8, 4) is 11.5 Å². The summed E-state index contributed by atoms with van der Waals surface area (Å²) >= 11 is 0. The first-order valence-corrected chi connectivity index (χ1v) is 22.9. The van der Waals surface area contributed by atoms with Crippen molar-refractivity contribution in [1.29, 1.82) is 0 Å². The van der Waals surface area contributed by atoms with E-state index >= 15 is 0 Å². The third kappa shape index (κ3) is 11.2. The predicted molar refractivity (Wildman–Crippen MR) is 251 cm³/mol. The summed E-state index contributed by atoms with van der Waals surface area (Å²) in [7, 11) is 0. The first-order valence-electron chi connectivity index (χ1n) is 22.9. The van der Waals surface area contributed by atoms with E-state index < -0.39 is 17.7 Å². The third-order valence-corrected chi connectivity index (χ3v) is 13.1. The highest BCUT2D eigenvalue weighted by Crippen LogP contribution is 2.35. The number of carbonyl (C=O) groups excluding carboxylic acids is 3. The van der Waals surface area contributed by atoms with Crippen molar-refractivity contribution in [3.63, 3.8) is 0 Å². The minimum absolute atomic E-state index is 0.0364. The van der Waals surface area contributed by atoms with E-state index in [1.54, 1.807) is 72.8 Å². The molecule has 0 unspecified atom stereocenters. The molecule has 0 spiro atoms. The second-order valence-electron chi connectivity index (χ2n) is 17.8. The quantitative estimate of drug-likeness (QED) is 0.0511. The molecule has 1 amide bonds. The number of nitrogens with zero attached hydrogens (tertiary/aromatic N) is 1. The van der Waals surface area contributed by atoms with Gasteiger partial charge in [0.05, 0.1) is 18.2 Å². The molecule has 342 valence electrons. The standard InChI is InChI=1S/C54H57N3O9/c58-44(31-39-29-43(30-39)55-52(62)40-19-17-36(18-20-40)11-7-16-48(59)46-21-23-49(60)51-47(46)22-24-50(61)56-51)35-65-45-15-8-14-42(32-45)54(64,41-12-5-2-6-13-41)53(63)66-34-38-25-27-57(28-26-38)33-37-9-3-1-4-10-37/h1-6,8-10,12-15,17-24,32,38-39,43,48,59-60,64H,7,11,16,25-31,33-35H2,(H,55,62)(H,56,61)/t39?,43?,48-,54-/m0/s1. The van der Waals surface area contributed by atoms with Gasteiger partial charge in [0.2, 0.25) is 11.2 Å². The highest BCUT2D eigenvalue weighted by molar-refractivity contribution is 5.94. The largest absolute Gasteiger partial charge is 0.506 e. The summed E-state index contributed by atoms with van der Waals surface area (Å²) in [5.74, 6) is -0.420. The van der Waals surface area contributed by atoms with Crippen LogP contribution in [0.3, 0.4) is 0 Å². The molecule has 1 aliphatic heterocycles. The van der Waals surface area contributed by atoms with E-state index in [0.29, 0.717) is 71.9 Å². The number of ether oxygens (including phenoxy) is 2. The molecule has 6 aromatic rings. The molecule has 12 nitrogen and oxygen atoms in total. The normalized spacial score (nSPS) is 17.8. The van der Waals surface area contributed by atoms with Crippen LogP contribution in [0.2, 0.25) is 0 Å². The van der Waals surface area contributed by atoms with Gasteiger partial charge in [-0.1, -0.05) is 91.0 Å². The smallest absolute Gasteiger partial charge is 0.347 e. The van der Waals surface area contributed by atoms with Gasteiger partial charge in [-0.2, -0.15) is 0 Å². The van der Waals surface area contributed by atoms with Gasteiger partial charge in [0.15, 0.2) is 5.78 Å². The van der Waals surface area contributed by atoms with E-state index in [1.165, 1.54) is 17.7 Å². The molecule has 2 fully saturated rings. The number of carbonyl (C=O) groups is 3. The van der Waals surface area contributed by atoms with Gasteiger partial charge in [0.25, 0.3) is 5.91 Å². The monoisotopic (exact) mass is 891 g/mol. The molecule has 2 aliphatic rings. The Morgan fingerprint density at radius 3 is 2.26 bits per heavy atom. The van der Waals surface area contributed by atoms with Gasteiger partial charge in [0, 0.05) is 41.6 Å². The number of aryl methyl sites for hydroxylation is 1. The number of aliphatic hydroxyl groups excluding tert-OH is 1. The van der Waals surface area contributed by atoms with Crippen LogP contribution in [0.4, 0.5) is 0 Å². The SMILES string of the molecule is O=C(COc1cccc([C@](O)(C(=O)OCC2CCN(Cc3ccccc3)CC2)c2ccccc2)c1)CC1CC(NC(=O)c2ccc(CCC[C@H](O)c3ccc(O)c4[nH]c(=O)ccc34)cc2)C1. The van der Waals surface area contributed by atoms with E-state index in [0.717, 1.165) is 38.0 Å². The number of fused-ring (bicyclic) bond motifs is 1. The van der Waals surface area contributed by atoms with E-state index in [2.05, 4.69) is 27.3 Å². The summed E-state index contributed by atoms with van der Waals surface area (Å²) in [6, 6.07) is 39.2.